The van der Waals surface area contributed by atoms with E-state index in [2.05, 4.69) is 51.5 Å². The van der Waals surface area contributed by atoms with Crippen molar-refractivity contribution in [1.29, 1.82) is 0 Å². The molecule has 2 aromatic rings. The van der Waals surface area contributed by atoms with E-state index in [1.165, 1.54) is 11.3 Å². The number of piperazine rings is 1. The van der Waals surface area contributed by atoms with Crippen LogP contribution in [0.5, 0.6) is 5.75 Å². The van der Waals surface area contributed by atoms with E-state index in [4.69, 9.17) is 9.47 Å². The van der Waals surface area contributed by atoms with E-state index >= 15 is 0 Å². The lowest BCUT2D eigenvalue weighted by atomic mass is 9.83. The smallest absolute Gasteiger partial charge is 0.225 e. The summed E-state index contributed by atoms with van der Waals surface area (Å²) in [6, 6.07) is 16.8. The van der Waals surface area contributed by atoms with Crippen LogP contribution in [0, 0.1) is 5.92 Å². The van der Waals surface area contributed by atoms with Gasteiger partial charge in [0.1, 0.15) is 5.75 Å². The average molecular weight is 396 g/mol. The summed E-state index contributed by atoms with van der Waals surface area (Å²) in [5.74, 6) is 0.877. The molecule has 29 heavy (non-hydrogen) atoms. The van der Waals surface area contributed by atoms with Crippen molar-refractivity contribution in [2.24, 2.45) is 5.92 Å². The van der Waals surface area contributed by atoms with Gasteiger partial charge in [-0.15, -0.1) is 0 Å². The highest BCUT2D eigenvalue weighted by Gasteiger charge is 2.41. The Balaban J connectivity index is 1.59. The van der Waals surface area contributed by atoms with E-state index in [1.54, 1.807) is 14.2 Å². The van der Waals surface area contributed by atoms with E-state index < -0.39 is 0 Å². The molecule has 0 bridgehead atoms. The molecule has 1 saturated heterocycles. The fourth-order valence-electron chi connectivity index (χ4n) is 4.51. The van der Waals surface area contributed by atoms with Crippen LogP contribution < -0.4 is 19.9 Å². The predicted molar refractivity (Wildman–Crippen MR) is 115 cm³/mol. The first-order valence-corrected chi connectivity index (χ1v) is 10.2. The number of para-hydroxylation sites is 1. The third kappa shape index (κ3) is 4.03. The maximum absolute atomic E-state index is 13.0. The summed E-state index contributed by atoms with van der Waals surface area (Å²) in [4.78, 5) is 17.8. The van der Waals surface area contributed by atoms with E-state index in [9.17, 15) is 4.79 Å². The minimum absolute atomic E-state index is 0.0878. The Morgan fingerprint density at radius 3 is 2.83 bits per heavy atom. The quantitative estimate of drug-likeness (QED) is 0.761. The molecule has 2 heterocycles. The number of amides is 1. The van der Waals surface area contributed by atoms with E-state index in [1.807, 2.05) is 12.1 Å². The third-order valence-electron chi connectivity index (χ3n) is 5.98. The fraction of sp³-hybridized carbons (Fsp3) is 0.435. The van der Waals surface area contributed by atoms with Gasteiger partial charge in [-0.05, 0) is 30.2 Å². The van der Waals surface area contributed by atoms with Gasteiger partial charge in [0.15, 0.2) is 0 Å². The zero-order valence-corrected chi connectivity index (χ0v) is 17.1. The average Bonchev–Trinajstić information content (AvgIpc) is 2.78. The summed E-state index contributed by atoms with van der Waals surface area (Å²) >= 11 is 0. The highest BCUT2D eigenvalue weighted by atomic mass is 16.5. The fourth-order valence-corrected chi connectivity index (χ4v) is 4.51. The van der Waals surface area contributed by atoms with Crippen molar-refractivity contribution in [3.63, 3.8) is 0 Å². The highest BCUT2D eigenvalue weighted by molar-refractivity contribution is 5.82. The summed E-state index contributed by atoms with van der Waals surface area (Å²) in [5.41, 5.74) is 3.66. The van der Waals surface area contributed by atoms with Gasteiger partial charge in [-0.25, -0.2) is 0 Å². The van der Waals surface area contributed by atoms with Crippen LogP contribution in [0.4, 0.5) is 11.4 Å². The van der Waals surface area contributed by atoms with Crippen LogP contribution in [0.25, 0.3) is 0 Å². The molecule has 0 unspecified atom stereocenters. The predicted octanol–water partition coefficient (Wildman–Crippen LogP) is 2.33. The molecule has 2 aromatic carbocycles. The molecule has 4 rings (SSSR count). The lowest BCUT2D eigenvalue weighted by Gasteiger charge is -2.49. The summed E-state index contributed by atoms with van der Waals surface area (Å²) < 4.78 is 10.5. The Labute approximate surface area is 172 Å². The first-order valence-electron chi connectivity index (χ1n) is 10.2. The Morgan fingerprint density at radius 1 is 1.14 bits per heavy atom. The van der Waals surface area contributed by atoms with Gasteiger partial charge in [-0.3, -0.25) is 4.79 Å². The lowest BCUT2D eigenvalue weighted by molar-refractivity contribution is -0.126. The van der Waals surface area contributed by atoms with Crippen molar-refractivity contribution in [2.75, 3.05) is 56.8 Å². The molecule has 2 atom stereocenters. The first-order chi connectivity index (χ1) is 14.2. The summed E-state index contributed by atoms with van der Waals surface area (Å²) in [6.45, 7) is 3.68. The minimum atomic E-state index is -0.0878. The van der Waals surface area contributed by atoms with Gasteiger partial charge < -0.3 is 24.6 Å². The maximum atomic E-state index is 13.0. The molecule has 1 fully saturated rings. The maximum Gasteiger partial charge on any atom is 0.225 e. The summed E-state index contributed by atoms with van der Waals surface area (Å²) in [5, 5.41) is 3.06. The van der Waals surface area contributed by atoms with Crippen LogP contribution in [0.1, 0.15) is 5.56 Å². The summed E-state index contributed by atoms with van der Waals surface area (Å²) in [6.07, 6.45) is 0.766. The number of carbonyl (C=O) groups is 1. The second kappa shape index (κ2) is 8.74. The van der Waals surface area contributed by atoms with Gasteiger partial charge in [0, 0.05) is 50.7 Å². The number of nitrogens with one attached hydrogen (secondary N) is 1. The zero-order chi connectivity index (χ0) is 20.2. The standard InChI is InChI=1S/C23H29N3O3/c1-28-13-10-24-23(27)20-14-17-6-3-4-9-21(17)26-12-11-25(16-22(20)26)18-7-5-8-19(15-18)29-2/h3-9,15,20,22H,10-14,16H2,1-2H3,(H,24,27)/t20-,22-/m0/s1. The largest absolute Gasteiger partial charge is 0.497 e. The molecule has 0 spiro atoms. The molecule has 0 radical (unpaired) electrons. The molecule has 2 aliphatic rings. The van der Waals surface area contributed by atoms with Crippen molar-refractivity contribution in [2.45, 2.75) is 12.5 Å². The molecule has 2 aliphatic heterocycles. The topological polar surface area (TPSA) is 54.0 Å². The number of hydrogen-bond acceptors (Lipinski definition) is 5. The zero-order valence-electron chi connectivity index (χ0n) is 17.1. The Morgan fingerprint density at radius 2 is 2.00 bits per heavy atom. The van der Waals surface area contributed by atoms with Crippen molar-refractivity contribution >= 4 is 17.3 Å². The SMILES string of the molecule is COCCNC(=O)[C@H]1Cc2ccccc2N2CCN(c3cccc(OC)c3)C[C@@H]12. The van der Waals surface area contributed by atoms with Crippen LogP contribution in [0.3, 0.4) is 0 Å². The number of fused-ring (bicyclic) bond motifs is 3. The molecule has 1 N–H and O–H groups in total. The number of ether oxygens (including phenoxy) is 2. The van der Waals surface area contributed by atoms with Gasteiger partial charge in [0.05, 0.1) is 25.7 Å². The number of hydrogen-bond donors (Lipinski definition) is 1. The first kappa shape index (κ1) is 19.6. The van der Waals surface area contributed by atoms with Crippen LogP contribution in [-0.2, 0) is 16.0 Å². The van der Waals surface area contributed by atoms with Crippen LogP contribution in [0.2, 0.25) is 0 Å². The normalized spacial score (nSPS) is 20.6. The molecular formula is C23H29N3O3. The van der Waals surface area contributed by atoms with E-state index in [-0.39, 0.29) is 17.9 Å². The summed E-state index contributed by atoms with van der Waals surface area (Å²) in [7, 11) is 3.34. The number of benzene rings is 2. The molecule has 0 aromatic heterocycles. The van der Waals surface area contributed by atoms with Gasteiger partial charge in [-0.2, -0.15) is 0 Å². The van der Waals surface area contributed by atoms with Gasteiger partial charge in [0.25, 0.3) is 0 Å². The minimum Gasteiger partial charge on any atom is -0.497 e. The second-order valence-corrected chi connectivity index (χ2v) is 7.63. The Kier molecular flexibility index (Phi) is 5.90. The van der Waals surface area contributed by atoms with Crippen LogP contribution in [0.15, 0.2) is 48.5 Å². The van der Waals surface area contributed by atoms with Gasteiger partial charge in [0.2, 0.25) is 5.91 Å². The molecule has 6 nitrogen and oxygen atoms in total. The van der Waals surface area contributed by atoms with Crippen molar-refractivity contribution in [3.8, 4) is 5.75 Å². The molecular weight excluding hydrogens is 366 g/mol. The van der Waals surface area contributed by atoms with Crippen molar-refractivity contribution in [3.05, 3.63) is 54.1 Å². The van der Waals surface area contributed by atoms with Crippen molar-refractivity contribution in [1.82, 2.24) is 5.32 Å². The lowest BCUT2D eigenvalue weighted by Crippen LogP contribution is -2.61. The number of nitrogens with zero attached hydrogens (tertiary/aromatic N) is 2. The van der Waals surface area contributed by atoms with Crippen LogP contribution >= 0.6 is 0 Å². The Hall–Kier alpha value is -2.73. The highest BCUT2D eigenvalue weighted by Crippen LogP contribution is 2.37. The number of rotatable bonds is 6. The molecule has 0 aliphatic carbocycles. The van der Waals surface area contributed by atoms with E-state index in [0.29, 0.717) is 13.2 Å². The van der Waals surface area contributed by atoms with Gasteiger partial charge >= 0.3 is 0 Å². The molecule has 1 amide bonds. The molecule has 6 heteroatoms. The number of anilines is 2. The Bertz CT molecular complexity index is 857. The number of methoxy groups -OCH3 is 2. The molecule has 0 saturated carbocycles. The second-order valence-electron chi connectivity index (χ2n) is 7.63. The third-order valence-corrected chi connectivity index (χ3v) is 5.98. The number of carbonyl (C=O) groups excluding carboxylic acids is 1. The van der Waals surface area contributed by atoms with E-state index in [0.717, 1.165) is 37.5 Å². The molecule has 154 valence electrons. The van der Waals surface area contributed by atoms with Crippen molar-refractivity contribution < 1.29 is 14.3 Å². The monoisotopic (exact) mass is 395 g/mol. The van der Waals surface area contributed by atoms with Crippen LogP contribution in [-0.4, -0.2) is 59.0 Å². The van der Waals surface area contributed by atoms with Gasteiger partial charge in [-0.1, -0.05) is 24.3 Å².